The van der Waals surface area contributed by atoms with Crippen LogP contribution in [-0.4, -0.2) is 6.54 Å². The van der Waals surface area contributed by atoms with Crippen LogP contribution in [-0.2, 0) is 0 Å². The van der Waals surface area contributed by atoms with Crippen molar-refractivity contribution in [2.75, 3.05) is 6.54 Å². The van der Waals surface area contributed by atoms with Gasteiger partial charge < -0.3 is 5.73 Å². The van der Waals surface area contributed by atoms with Gasteiger partial charge >= 0.3 is 0 Å². The lowest BCUT2D eigenvalue weighted by Crippen LogP contribution is -1.94. The summed E-state index contributed by atoms with van der Waals surface area (Å²) in [6.07, 6.45) is 10.5. The summed E-state index contributed by atoms with van der Waals surface area (Å²) < 4.78 is 0. The molecule has 0 heterocycles. The maximum Gasteiger partial charge on any atom is -0.00425 e. The van der Waals surface area contributed by atoms with E-state index < -0.39 is 0 Å². The molecule has 0 aromatic carbocycles. The molecule has 0 unspecified atom stereocenters. The van der Waals surface area contributed by atoms with Crippen molar-refractivity contribution < 1.29 is 0 Å². The SMILES string of the molecule is C=C/C=C\C=C/CCN.CC. The van der Waals surface area contributed by atoms with Crippen molar-refractivity contribution in [1.82, 2.24) is 0 Å². The fourth-order valence-corrected chi connectivity index (χ4v) is 0.414. The van der Waals surface area contributed by atoms with Crippen LogP contribution in [0.25, 0.3) is 0 Å². The van der Waals surface area contributed by atoms with Gasteiger partial charge in [-0.15, -0.1) is 0 Å². The Morgan fingerprint density at radius 2 is 1.82 bits per heavy atom. The molecule has 0 aromatic rings. The van der Waals surface area contributed by atoms with Crippen molar-refractivity contribution in [3.05, 3.63) is 37.0 Å². The van der Waals surface area contributed by atoms with Crippen LogP contribution >= 0.6 is 0 Å². The van der Waals surface area contributed by atoms with E-state index in [9.17, 15) is 0 Å². The van der Waals surface area contributed by atoms with Crippen molar-refractivity contribution in [2.45, 2.75) is 20.3 Å². The predicted octanol–water partition coefficient (Wildman–Crippen LogP) is 2.66. The third-order valence-electron chi connectivity index (χ3n) is 0.828. The summed E-state index contributed by atoms with van der Waals surface area (Å²) in [7, 11) is 0. The average Bonchev–Trinajstić information content (AvgIpc) is 2.08. The van der Waals surface area contributed by atoms with Gasteiger partial charge in [-0.3, -0.25) is 0 Å². The van der Waals surface area contributed by atoms with Crippen molar-refractivity contribution >= 4 is 0 Å². The molecule has 64 valence electrons. The molecule has 0 aliphatic heterocycles. The number of nitrogens with two attached hydrogens (primary N) is 1. The summed E-state index contributed by atoms with van der Waals surface area (Å²) in [4.78, 5) is 0. The van der Waals surface area contributed by atoms with Crippen molar-refractivity contribution in [3.63, 3.8) is 0 Å². The molecule has 0 atom stereocenters. The summed E-state index contributed by atoms with van der Waals surface area (Å²) in [5.41, 5.74) is 5.25. The van der Waals surface area contributed by atoms with Gasteiger partial charge in [0.2, 0.25) is 0 Å². The predicted molar refractivity (Wildman–Crippen MR) is 53.5 cm³/mol. The van der Waals surface area contributed by atoms with Crippen LogP contribution in [0, 0.1) is 0 Å². The standard InChI is InChI=1S/C8H13N.C2H6/c1-2-3-4-5-6-7-8-9;1-2/h2-6H,1,7-9H2;1-2H3/b4-3-,6-5-;. The van der Waals surface area contributed by atoms with Gasteiger partial charge in [0.1, 0.15) is 0 Å². The van der Waals surface area contributed by atoms with Crippen molar-refractivity contribution in [3.8, 4) is 0 Å². The quantitative estimate of drug-likeness (QED) is 0.617. The Bertz CT molecular complexity index is 112. The highest BCUT2D eigenvalue weighted by Gasteiger charge is 1.67. The van der Waals surface area contributed by atoms with Gasteiger partial charge in [0.15, 0.2) is 0 Å². The van der Waals surface area contributed by atoms with Gasteiger partial charge in [-0.25, -0.2) is 0 Å². The highest BCUT2D eigenvalue weighted by molar-refractivity contribution is 5.08. The lowest BCUT2D eigenvalue weighted by atomic mass is 10.3. The smallest absolute Gasteiger partial charge is 0.00425 e. The van der Waals surface area contributed by atoms with Crippen molar-refractivity contribution in [1.29, 1.82) is 0 Å². The van der Waals surface area contributed by atoms with Gasteiger partial charge in [0, 0.05) is 0 Å². The first-order valence-electron chi connectivity index (χ1n) is 4.06. The second kappa shape index (κ2) is 16.1. The average molecular weight is 153 g/mol. The number of hydrogen-bond donors (Lipinski definition) is 1. The third kappa shape index (κ3) is 17.6. The molecule has 0 radical (unpaired) electrons. The first-order chi connectivity index (χ1) is 5.41. The zero-order valence-corrected chi connectivity index (χ0v) is 7.59. The molecule has 0 aliphatic rings. The number of allylic oxidation sites excluding steroid dienone is 4. The summed E-state index contributed by atoms with van der Waals surface area (Å²) in [5, 5.41) is 0. The molecule has 0 aliphatic carbocycles. The number of hydrogen-bond acceptors (Lipinski definition) is 1. The van der Waals surface area contributed by atoms with E-state index in [1.807, 2.05) is 38.2 Å². The van der Waals surface area contributed by atoms with Crippen LogP contribution < -0.4 is 5.73 Å². The lowest BCUT2D eigenvalue weighted by molar-refractivity contribution is 1.01. The number of rotatable bonds is 4. The van der Waals surface area contributed by atoms with E-state index in [0.29, 0.717) is 0 Å². The fourth-order valence-electron chi connectivity index (χ4n) is 0.414. The molecule has 0 saturated carbocycles. The molecule has 11 heavy (non-hydrogen) atoms. The molecule has 0 spiro atoms. The van der Waals surface area contributed by atoms with E-state index in [0.717, 1.165) is 13.0 Å². The van der Waals surface area contributed by atoms with Crippen LogP contribution in [0.15, 0.2) is 37.0 Å². The zero-order valence-electron chi connectivity index (χ0n) is 7.59. The Labute approximate surface area is 70.3 Å². The van der Waals surface area contributed by atoms with Gasteiger partial charge in [-0.2, -0.15) is 0 Å². The van der Waals surface area contributed by atoms with E-state index in [-0.39, 0.29) is 0 Å². The van der Waals surface area contributed by atoms with Crippen LogP contribution in [0.2, 0.25) is 0 Å². The maximum atomic E-state index is 5.25. The minimum absolute atomic E-state index is 0.721. The Balaban J connectivity index is 0. The molecule has 0 amide bonds. The van der Waals surface area contributed by atoms with Gasteiger partial charge in [-0.1, -0.05) is 50.8 Å². The maximum absolute atomic E-state index is 5.25. The normalized spacial score (nSPS) is 9.73. The molecule has 2 N–H and O–H groups in total. The van der Waals surface area contributed by atoms with Gasteiger partial charge in [0.05, 0.1) is 0 Å². The van der Waals surface area contributed by atoms with Crippen LogP contribution in [0.1, 0.15) is 20.3 Å². The second-order valence-corrected chi connectivity index (χ2v) is 1.63. The second-order valence-electron chi connectivity index (χ2n) is 1.63. The molecular weight excluding hydrogens is 134 g/mol. The topological polar surface area (TPSA) is 26.0 Å². The van der Waals surface area contributed by atoms with E-state index in [2.05, 4.69) is 6.58 Å². The summed E-state index contributed by atoms with van der Waals surface area (Å²) in [5.74, 6) is 0. The third-order valence-corrected chi connectivity index (χ3v) is 0.828. The molecular formula is C10H19N. The Morgan fingerprint density at radius 1 is 1.18 bits per heavy atom. The monoisotopic (exact) mass is 153 g/mol. The van der Waals surface area contributed by atoms with E-state index >= 15 is 0 Å². The molecule has 0 aromatic heterocycles. The summed E-state index contributed by atoms with van der Waals surface area (Å²) in [6.45, 7) is 8.25. The van der Waals surface area contributed by atoms with Crippen LogP contribution in [0.4, 0.5) is 0 Å². The minimum atomic E-state index is 0.721. The Morgan fingerprint density at radius 3 is 2.27 bits per heavy atom. The summed E-state index contributed by atoms with van der Waals surface area (Å²) in [6, 6.07) is 0. The Hall–Kier alpha value is -0.820. The summed E-state index contributed by atoms with van der Waals surface area (Å²) >= 11 is 0. The van der Waals surface area contributed by atoms with Gasteiger partial charge in [-0.05, 0) is 13.0 Å². The van der Waals surface area contributed by atoms with Crippen molar-refractivity contribution in [2.24, 2.45) is 5.73 Å². The first kappa shape index (κ1) is 12.8. The van der Waals surface area contributed by atoms with E-state index in [1.54, 1.807) is 6.08 Å². The van der Waals surface area contributed by atoms with E-state index in [1.165, 1.54) is 0 Å². The first-order valence-corrected chi connectivity index (χ1v) is 4.06. The minimum Gasteiger partial charge on any atom is -0.330 e. The van der Waals surface area contributed by atoms with E-state index in [4.69, 9.17) is 5.73 Å². The molecule has 0 bridgehead atoms. The Kier molecular flexibility index (Phi) is 18.7. The lowest BCUT2D eigenvalue weighted by Gasteiger charge is -1.79. The van der Waals surface area contributed by atoms with Crippen LogP contribution in [0.5, 0.6) is 0 Å². The zero-order chi connectivity index (χ0) is 8.95. The molecule has 0 saturated heterocycles. The molecule has 1 nitrogen and oxygen atoms in total. The highest BCUT2D eigenvalue weighted by Crippen LogP contribution is 1.80. The molecule has 1 heteroatoms. The largest absolute Gasteiger partial charge is 0.330 e. The molecule has 0 fully saturated rings. The highest BCUT2D eigenvalue weighted by atomic mass is 14.5. The van der Waals surface area contributed by atoms with Gasteiger partial charge in [0.25, 0.3) is 0 Å². The van der Waals surface area contributed by atoms with Crippen LogP contribution in [0.3, 0.4) is 0 Å². The fraction of sp³-hybridized carbons (Fsp3) is 0.400. The molecule has 0 rings (SSSR count).